The van der Waals surface area contributed by atoms with Crippen LogP contribution < -0.4 is 0 Å². The van der Waals surface area contributed by atoms with Gasteiger partial charge in [0.2, 0.25) is 10.8 Å². The van der Waals surface area contributed by atoms with Crippen LogP contribution in [0.2, 0.25) is 5.02 Å². The summed E-state index contributed by atoms with van der Waals surface area (Å²) in [6.45, 7) is 4.05. The van der Waals surface area contributed by atoms with Crippen LogP contribution in [-0.4, -0.2) is 37.7 Å². The fourth-order valence-electron chi connectivity index (χ4n) is 3.50. The Morgan fingerprint density at radius 3 is 2.76 bits per heavy atom. The van der Waals surface area contributed by atoms with Gasteiger partial charge in [-0.2, -0.15) is 4.52 Å². The fraction of sp³-hybridized carbons (Fsp3) is 0.444. The smallest absolute Gasteiger partial charge is 0.230 e. The third kappa shape index (κ3) is 3.14. The molecule has 1 aromatic carbocycles. The summed E-state index contributed by atoms with van der Waals surface area (Å²) in [5, 5.41) is 16.0. The molecule has 1 atom stereocenters. The van der Waals surface area contributed by atoms with E-state index in [0.29, 0.717) is 5.02 Å². The van der Waals surface area contributed by atoms with Gasteiger partial charge in [0, 0.05) is 11.4 Å². The quantitative estimate of drug-likeness (QED) is 0.738. The van der Waals surface area contributed by atoms with Crippen LogP contribution in [0.5, 0.6) is 5.88 Å². The van der Waals surface area contributed by atoms with Crippen molar-refractivity contribution < 1.29 is 5.11 Å². The molecule has 1 fully saturated rings. The molecular weight excluding hydrogens is 356 g/mol. The highest BCUT2D eigenvalue weighted by Gasteiger charge is 2.30. The minimum absolute atomic E-state index is 0.0161. The molecule has 0 radical (unpaired) electrons. The summed E-state index contributed by atoms with van der Waals surface area (Å²) in [5.74, 6) is 0.952. The van der Waals surface area contributed by atoms with Crippen molar-refractivity contribution >= 4 is 27.9 Å². The summed E-state index contributed by atoms with van der Waals surface area (Å²) < 4.78 is 1.57. The topological polar surface area (TPSA) is 53.7 Å². The molecule has 0 aliphatic carbocycles. The first kappa shape index (κ1) is 16.8. The largest absolute Gasteiger partial charge is 0.492 e. The molecule has 0 saturated carbocycles. The van der Waals surface area contributed by atoms with Crippen molar-refractivity contribution in [3.05, 3.63) is 45.6 Å². The van der Waals surface area contributed by atoms with E-state index in [1.807, 2.05) is 25.1 Å². The monoisotopic (exact) mass is 376 g/mol. The number of fused-ring (bicyclic) bond motifs is 1. The Morgan fingerprint density at radius 2 is 2.08 bits per heavy atom. The molecule has 3 heterocycles. The Balaban J connectivity index is 1.82. The molecule has 7 heteroatoms. The maximum absolute atomic E-state index is 10.8. The number of aromatic nitrogens is 3. The summed E-state index contributed by atoms with van der Waals surface area (Å²) in [4.78, 5) is 8.58. The van der Waals surface area contributed by atoms with Crippen LogP contribution in [-0.2, 0) is 6.42 Å². The Kier molecular flexibility index (Phi) is 4.67. The number of rotatable bonds is 4. The second kappa shape index (κ2) is 6.94. The summed E-state index contributed by atoms with van der Waals surface area (Å²) in [6, 6.07) is 7.91. The number of halogens is 1. The van der Waals surface area contributed by atoms with Crippen molar-refractivity contribution in [1.82, 2.24) is 19.5 Å². The highest BCUT2D eigenvalue weighted by Crippen LogP contribution is 2.41. The van der Waals surface area contributed by atoms with Crippen molar-refractivity contribution in [2.24, 2.45) is 0 Å². The summed E-state index contributed by atoms with van der Waals surface area (Å²) >= 11 is 7.76. The van der Waals surface area contributed by atoms with Gasteiger partial charge in [-0.15, -0.1) is 5.10 Å². The molecule has 0 spiro atoms. The number of nitrogens with zero attached hydrogens (tertiary/aromatic N) is 4. The number of hydrogen-bond donors (Lipinski definition) is 1. The van der Waals surface area contributed by atoms with Gasteiger partial charge in [-0.05, 0) is 43.6 Å². The molecule has 3 aromatic rings. The van der Waals surface area contributed by atoms with Gasteiger partial charge in [-0.25, -0.2) is 4.98 Å². The van der Waals surface area contributed by atoms with E-state index in [2.05, 4.69) is 21.0 Å². The van der Waals surface area contributed by atoms with Crippen LogP contribution in [0.3, 0.4) is 0 Å². The first-order valence-electron chi connectivity index (χ1n) is 8.74. The molecule has 2 aromatic heterocycles. The van der Waals surface area contributed by atoms with Crippen LogP contribution >= 0.6 is 22.9 Å². The minimum atomic E-state index is -0.0161. The molecule has 25 heavy (non-hydrogen) atoms. The number of likely N-dealkylation sites (tertiary alicyclic amines) is 1. The minimum Gasteiger partial charge on any atom is -0.492 e. The van der Waals surface area contributed by atoms with Crippen LogP contribution in [0.1, 0.15) is 48.5 Å². The van der Waals surface area contributed by atoms with Gasteiger partial charge in [0.05, 0.1) is 10.9 Å². The molecule has 0 unspecified atom stereocenters. The van der Waals surface area contributed by atoms with Gasteiger partial charge in [0.1, 0.15) is 0 Å². The number of benzene rings is 1. The zero-order valence-electron chi connectivity index (χ0n) is 14.2. The number of hydrogen-bond acceptors (Lipinski definition) is 5. The third-order valence-electron chi connectivity index (χ3n) is 4.73. The normalized spacial score (nSPS) is 17.2. The van der Waals surface area contributed by atoms with E-state index in [0.717, 1.165) is 40.7 Å². The van der Waals surface area contributed by atoms with Crippen LogP contribution in [0.25, 0.3) is 4.96 Å². The molecule has 132 valence electrons. The Labute approximate surface area is 155 Å². The summed E-state index contributed by atoms with van der Waals surface area (Å²) in [5.41, 5.74) is 1.10. The zero-order chi connectivity index (χ0) is 17.4. The van der Waals surface area contributed by atoms with E-state index in [9.17, 15) is 5.11 Å². The first-order valence-corrected chi connectivity index (χ1v) is 9.93. The van der Waals surface area contributed by atoms with Crippen molar-refractivity contribution in [3.63, 3.8) is 0 Å². The molecule has 1 N–H and O–H groups in total. The number of aryl methyl sites for hydroxylation is 1. The van der Waals surface area contributed by atoms with E-state index >= 15 is 0 Å². The molecule has 0 amide bonds. The van der Waals surface area contributed by atoms with Gasteiger partial charge < -0.3 is 5.11 Å². The predicted molar refractivity (Wildman–Crippen MR) is 101 cm³/mol. The number of piperidine rings is 1. The Bertz CT molecular complexity index is 884. The van der Waals surface area contributed by atoms with Crippen LogP contribution in [0, 0.1) is 0 Å². The van der Waals surface area contributed by atoms with E-state index in [1.54, 1.807) is 4.52 Å². The lowest BCUT2D eigenvalue weighted by Gasteiger charge is -2.34. The number of thiazole rings is 1. The molecule has 1 aliphatic rings. The average Bonchev–Trinajstić information content (AvgIpc) is 3.16. The zero-order valence-corrected chi connectivity index (χ0v) is 15.7. The van der Waals surface area contributed by atoms with E-state index in [1.165, 1.54) is 30.6 Å². The Hall–Kier alpha value is -1.63. The lowest BCUT2D eigenvalue weighted by atomic mass is 10.0. The highest BCUT2D eigenvalue weighted by molar-refractivity contribution is 7.17. The molecule has 1 aliphatic heterocycles. The van der Waals surface area contributed by atoms with Gasteiger partial charge in [-0.1, -0.05) is 48.4 Å². The first-order chi connectivity index (χ1) is 12.2. The molecular formula is C18H21ClN4OS. The number of aromatic hydroxyl groups is 1. The maximum atomic E-state index is 10.8. The van der Waals surface area contributed by atoms with Crippen molar-refractivity contribution in [2.75, 3.05) is 13.1 Å². The van der Waals surface area contributed by atoms with E-state index < -0.39 is 0 Å². The van der Waals surface area contributed by atoms with Crippen molar-refractivity contribution in [3.8, 4) is 5.88 Å². The maximum Gasteiger partial charge on any atom is 0.230 e. The van der Waals surface area contributed by atoms with Crippen molar-refractivity contribution in [1.29, 1.82) is 0 Å². The van der Waals surface area contributed by atoms with Crippen LogP contribution in [0.4, 0.5) is 0 Å². The predicted octanol–water partition coefficient (Wildman–Crippen LogP) is 4.29. The molecule has 1 saturated heterocycles. The second-order valence-electron chi connectivity index (χ2n) is 6.42. The summed E-state index contributed by atoms with van der Waals surface area (Å²) in [6.07, 6.45) is 4.38. The SMILES string of the molecule is CCc1nc2sc([C@H](c3cccc(Cl)c3)N3CCCCC3)c(O)n2n1. The van der Waals surface area contributed by atoms with Gasteiger partial charge in [0.25, 0.3) is 0 Å². The fourth-order valence-corrected chi connectivity index (χ4v) is 4.83. The van der Waals surface area contributed by atoms with Gasteiger partial charge >= 0.3 is 0 Å². The highest BCUT2D eigenvalue weighted by atomic mass is 35.5. The molecule has 4 rings (SSSR count). The van der Waals surface area contributed by atoms with Gasteiger partial charge in [0.15, 0.2) is 5.82 Å². The molecule has 0 bridgehead atoms. The van der Waals surface area contributed by atoms with Crippen LogP contribution in [0.15, 0.2) is 24.3 Å². The van der Waals surface area contributed by atoms with Crippen molar-refractivity contribution in [2.45, 2.75) is 38.6 Å². The lowest BCUT2D eigenvalue weighted by Crippen LogP contribution is -2.34. The second-order valence-corrected chi connectivity index (χ2v) is 7.87. The third-order valence-corrected chi connectivity index (χ3v) is 6.04. The Morgan fingerprint density at radius 1 is 1.28 bits per heavy atom. The standard InChI is InChI=1S/C18H21ClN4OS/c1-2-14-20-18-23(21-14)17(24)16(25-18)15(22-9-4-3-5-10-22)12-7-6-8-13(19)11-12/h6-8,11,15,24H,2-5,9-10H2,1H3/t15-/m0/s1. The van der Waals surface area contributed by atoms with E-state index in [4.69, 9.17) is 11.6 Å². The lowest BCUT2D eigenvalue weighted by molar-refractivity contribution is 0.186. The molecule has 5 nitrogen and oxygen atoms in total. The average molecular weight is 377 g/mol. The van der Waals surface area contributed by atoms with E-state index in [-0.39, 0.29) is 11.9 Å². The summed E-state index contributed by atoms with van der Waals surface area (Å²) in [7, 11) is 0. The van der Waals surface area contributed by atoms with Gasteiger partial charge in [-0.3, -0.25) is 4.90 Å².